The molecule has 112 valence electrons. The summed E-state index contributed by atoms with van der Waals surface area (Å²) in [4.78, 5) is 11.0. The van der Waals surface area contributed by atoms with Crippen LogP contribution in [0.4, 0.5) is 0 Å². The lowest BCUT2D eigenvalue weighted by atomic mass is 10.2. The number of aromatic carboxylic acids is 1. The van der Waals surface area contributed by atoms with Crippen LogP contribution >= 0.6 is 0 Å². The van der Waals surface area contributed by atoms with Gasteiger partial charge in [-0.2, -0.15) is 0 Å². The average Bonchev–Trinajstić information content (AvgIpc) is 2.37. The molecule has 0 aliphatic carbocycles. The van der Waals surface area contributed by atoms with Crippen molar-refractivity contribution in [2.24, 2.45) is 0 Å². The molecule has 6 nitrogen and oxygen atoms in total. The Bertz CT molecular complexity index is 577. The van der Waals surface area contributed by atoms with Crippen molar-refractivity contribution in [2.45, 2.75) is 24.8 Å². The van der Waals surface area contributed by atoms with Crippen LogP contribution in [0.2, 0.25) is 0 Å². The first kappa shape index (κ1) is 16.5. The molecule has 0 aliphatic heterocycles. The molecule has 0 saturated heterocycles. The minimum absolute atomic E-state index is 0.0527. The Kier molecular flexibility index (Phi) is 5.52. The molecule has 0 atom stereocenters. The Hall–Kier alpha value is -1.60. The number of hydrogen-bond donors (Lipinski definition) is 1. The topological polar surface area (TPSA) is 89.9 Å². The molecule has 7 heteroatoms. The van der Waals surface area contributed by atoms with Crippen LogP contribution in [0.1, 0.15) is 24.2 Å². The van der Waals surface area contributed by atoms with Crippen molar-refractivity contribution in [1.29, 1.82) is 0 Å². The number of ether oxygens (including phenoxy) is 2. The van der Waals surface area contributed by atoms with E-state index in [1.54, 1.807) is 0 Å². The molecule has 0 saturated carbocycles. The monoisotopic (exact) mass is 302 g/mol. The first-order valence-corrected chi connectivity index (χ1v) is 7.69. The second-order valence-electron chi connectivity index (χ2n) is 4.41. The van der Waals surface area contributed by atoms with E-state index in [1.165, 1.54) is 19.2 Å². The second kappa shape index (κ2) is 6.71. The van der Waals surface area contributed by atoms with Gasteiger partial charge in [-0.25, -0.2) is 13.2 Å². The summed E-state index contributed by atoms with van der Waals surface area (Å²) >= 11 is 0. The van der Waals surface area contributed by atoms with E-state index in [1.807, 2.05) is 13.8 Å². The number of carbonyl (C=O) groups is 1. The summed E-state index contributed by atoms with van der Waals surface area (Å²) in [5.41, 5.74) is -0.182. The van der Waals surface area contributed by atoms with E-state index in [9.17, 15) is 13.2 Å². The van der Waals surface area contributed by atoms with Crippen LogP contribution in [0.3, 0.4) is 0 Å². The minimum Gasteiger partial charge on any atom is -0.496 e. The summed E-state index contributed by atoms with van der Waals surface area (Å²) in [7, 11) is -2.26. The molecule has 1 aromatic carbocycles. The van der Waals surface area contributed by atoms with E-state index in [0.29, 0.717) is 0 Å². The van der Waals surface area contributed by atoms with E-state index in [0.717, 1.165) is 6.07 Å². The van der Waals surface area contributed by atoms with Crippen LogP contribution < -0.4 is 4.74 Å². The van der Waals surface area contributed by atoms with Crippen LogP contribution in [0.5, 0.6) is 5.75 Å². The molecule has 1 aromatic rings. The lowest BCUT2D eigenvalue weighted by Gasteiger charge is -2.10. The first-order chi connectivity index (χ1) is 9.27. The van der Waals surface area contributed by atoms with Gasteiger partial charge in [0.05, 0.1) is 30.5 Å². The quantitative estimate of drug-likeness (QED) is 0.822. The summed E-state index contributed by atoms with van der Waals surface area (Å²) in [6.45, 7) is 3.68. The summed E-state index contributed by atoms with van der Waals surface area (Å²) in [5.74, 6) is -1.32. The second-order valence-corrected chi connectivity index (χ2v) is 6.51. The van der Waals surface area contributed by atoms with Crippen molar-refractivity contribution in [3.05, 3.63) is 23.8 Å². The Labute approximate surface area is 118 Å². The van der Waals surface area contributed by atoms with Crippen molar-refractivity contribution >= 4 is 15.8 Å². The van der Waals surface area contributed by atoms with Crippen LogP contribution in [0.25, 0.3) is 0 Å². The molecule has 20 heavy (non-hydrogen) atoms. The Morgan fingerprint density at radius 3 is 2.50 bits per heavy atom. The van der Waals surface area contributed by atoms with Gasteiger partial charge in [-0.1, -0.05) is 0 Å². The van der Waals surface area contributed by atoms with Gasteiger partial charge in [0, 0.05) is 0 Å². The van der Waals surface area contributed by atoms with Gasteiger partial charge in [-0.15, -0.1) is 0 Å². The third-order valence-electron chi connectivity index (χ3n) is 2.56. The van der Waals surface area contributed by atoms with Gasteiger partial charge < -0.3 is 14.6 Å². The highest BCUT2D eigenvalue weighted by Gasteiger charge is 2.19. The highest BCUT2D eigenvalue weighted by atomic mass is 32.2. The van der Waals surface area contributed by atoms with E-state index in [-0.39, 0.29) is 34.7 Å². The summed E-state index contributed by atoms with van der Waals surface area (Å²) in [5, 5.41) is 9.04. The summed E-state index contributed by atoms with van der Waals surface area (Å²) in [6.07, 6.45) is -0.0596. The lowest BCUT2D eigenvalue weighted by Crippen LogP contribution is -2.16. The zero-order valence-electron chi connectivity index (χ0n) is 11.6. The maximum absolute atomic E-state index is 12.1. The SMILES string of the molecule is COc1ccc(S(=O)(=O)CCOC(C)C)cc1C(=O)O. The number of carboxylic acids is 1. The van der Waals surface area contributed by atoms with Crippen molar-refractivity contribution in [3.8, 4) is 5.75 Å². The van der Waals surface area contributed by atoms with Crippen molar-refractivity contribution < 1.29 is 27.8 Å². The van der Waals surface area contributed by atoms with E-state index >= 15 is 0 Å². The van der Waals surface area contributed by atoms with Gasteiger partial charge in [0.15, 0.2) is 9.84 Å². The highest BCUT2D eigenvalue weighted by Crippen LogP contribution is 2.23. The van der Waals surface area contributed by atoms with Crippen molar-refractivity contribution in [2.75, 3.05) is 19.5 Å². The average molecular weight is 302 g/mol. The van der Waals surface area contributed by atoms with Crippen LogP contribution in [0, 0.1) is 0 Å². The number of hydrogen-bond acceptors (Lipinski definition) is 5. The molecule has 0 fully saturated rings. The number of methoxy groups -OCH3 is 1. The third-order valence-corrected chi connectivity index (χ3v) is 4.24. The predicted molar refractivity (Wildman–Crippen MR) is 73.1 cm³/mol. The third kappa shape index (κ3) is 4.21. The zero-order chi connectivity index (χ0) is 15.3. The van der Waals surface area contributed by atoms with Gasteiger partial charge in [0.25, 0.3) is 0 Å². The largest absolute Gasteiger partial charge is 0.496 e. The maximum atomic E-state index is 12.1. The summed E-state index contributed by atoms with van der Waals surface area (Å²) in [6, 6.07) is 3.77. The predicted octanol–water partition coefficient (Wildman–Crippen LogP) is 1.59. The first-order valence-electron chi connectivity index (χ1n) is 6.03. The fourth-order valence-electron chi connectivity index (χ4n) is 1.56. The smallest absolute Gasteiger partial charge is 0.339 e. The minimum atomic E-state index is -3.58. The highest BCUT2D eigenvalue weighted by molar-refractivity contribution is 7.91. The zero-order valence-corrected chi connectivity index (χ0v) is 12.4. The molecular weight excluding hydrogens is 284 g/mol. The molecule has 0 aliphatic rings. The van der Waals surface area contributed by atoms with Gasteiger partial charge in [-0.3, -0.25) is 0 Å². The van der Waals surface area contributed by atoms with Crippen molar-refractivity contribution in [3.63, 3.8) is 0 Å². The molecular formula is C13H18O6S. The van der Waals surface area contributed by atoms with Gasteiger partial charge in [0.2, 0.25) is 0 Å². The van der Waals surface area contributed by atoms with E-state index in [4.69, 9.17) is 14.6 Å². The lowest BCUT2D eigenvalue weighted by molar-refractivity contribution is 0.0693. The Balaban J connectivity index is 3.01. The molecule has 0 heterocycles. The number of carboxylic acid groups (broad SMARTS) is 1. The normalized spacial score (nSPS) is 11.6. The maximum Gasteiger partial charge on any atom is 0.339 e. The van der Waals surface area contributed by atoms with Crippen molar-refractivity contribution in [1.82, 2.24) is 0 Å². The molecule has 0 bridgehead atoms. The fourth-order valence-corrected chi connectivity index (χ4v) is 2.68. The van der Waals surface area contributed by atoms with Crippen LogP contribution in [0.15, 0.2) is 23.1 Å². The fraction of sp³-hybridized carbons (Fsp3) is 0.462. The van der Waals surface area contributed by atoms with Gasteiger partial charge in [-0.05, 0) is 32.0 Å². The number of rotatable bonds is 7. The van der Waals surface area contributed by atoms with E-state index in [2.05, 4.69) is 0 Å². The molecule has 0 radical (unpaired) electrons. The number of benzene rings is 1. The molecule has 0 amide bonds. The molecule has 1 rings (SSSR count). The molecule has 0 spiro atoms. The van der Waals surface area contributed by atoms with E-state index < -0.39 is 15.8 Å². The summed E-state index contributed by atoms with van der Waals surface area (Å²) < 4.78 is 34.2. The molecule has 0 unspecified atom stereocenters. The standard InChI is InChI=1S/C13H18O6S/c1-9(2)19-6-7-20(16,17)10-4-5-12(18-3)11(8-10)13(14)15/h4-5,8-9H,6-7H2,1-3H3,(H,14,15). The Morgan fingerprint density at radius 2 is 2.00 bits per heavy atom. The molecule has 0 aromatic heterocycles. The van der Waals surface area contributed by atoms with Gasteiger partial charge >= 0.3 is 5.97 Å². The van der Waals surface area contributed by atoms with Gasteiger partial charge in [0.1, 0.15) is 11.3 Å². The van der Waals surface area contributed by atoms with Crippen LogP contribution in [-0.4, -0.2) is 45.1 Å². The van der Waals surface area contributed by atoms with Crippen LogP contribution in [-0.2, 0) is 14.6 Å². The number of sulfone groups is 1. The molecule has 1 N–H and O–H groups in total. The Morgan fingerprint density at radius 1 is 1.35 bits per heavy atom.